The third-order valence-corrected chi connectivity index (χ3v) is 2.26. The zero-order valence-electron chi connectivity index (χ0n) is 10.7. The van der Waals surface area contributed by atoms with Crippen LogP contribution in [0.4, 0.5) is 0 Å². The molecule has 0 amide bonds. The second kappa shape index (κ2) is 6.66. The van der Waals surface area contributed by atoms with Gasteiger partial charge in [-0.1, -0.05) is 0 Å². The summed E-state index contributed by atoms with van der Waals surface area (Å²) in [4.78, 5) is 0. The molecule has 4 heteroatoms. The molecule has 0 saturated heterocycles. The maximum atomic E-state index is 4.16. The smallest absolute Gasteiger partial charge is 0.0489 e. The number of aromatic nitrogens is 2. The van der Waals surface area contributed by atoms with Gasteiger partial charge in [0.1, 0.15) is 0 Å². The molecule has 1 aromatic rings. The molecule has 92 valence electrons. The lowest BCUT2D eigenvalue weighted by Crippen LogP contribution is -2.40. The van der Waals surface area contributed by atoms with E-state index in [0.717, 1.165) is 32.6 Å². The van der Waals surface area contributed by atoms with Gasteiger partial charge >= 0.3 is 0 Å². The molecule has 1 aromatic heterocycles. The van der Waals surface area contributed by atoms with Gasteiger partial charge in [0.25, 0.3) is 0 Å². The second-order valence-electron chi connectivity index (χ2n) is 5.05. The highest BCUT2D eigenvalue weighted by atomic mass is 15.3. The van der Waals surface area contributed by atoms with E-state index in [0.29, 0.717) is 0 Å². The second-order valence-corrected chi connectivity index (χ2v) is 5.05. The van der Waals surface area contributed by atoms with Crippen LogP contribution in [-0.4, -0.2) is 35.0 Å². The number of nitrogens with one attached hydrogen (secondary N) is 2. The Kier molecular flexibility index (Phi) is 5.49. The molecule has 0 fully saturated rings. The number of hydrogen-bond acceptors (Lipinski definition) is 3. The summed E-state index contributed by atoms with van der Waals surface area (Å²) in [5.74, 6) is 0. The molecule has 1 rings (SSSR count). The maximum Gasteiger partial charge on any atom is 0.0489 e. The minimum atomic E-state index is 0.219. The van der Waals surface area contributed by atoms with Gasteiger partial charge in [0.05, 0.1) is 0 Å². The number of nitrogens with zero attached hydrogens (tertiary/aromatic N) is 2. The minimum absolute atomic E-state index is 0.219. The average molecular weight is 224 g/mol. The minimum Gasteiger partial charge on any atom is -0.315 e. The Bertz CT molecular complexity index is 261. The maximum absolute atomic E-state index is 4.16. The molecule has 0 aliphatic carbocycles. The third-order valence-electron chi connectivity index (χ3n) is 2.26. The standard InChI is InChI=1S/C12H24N4/c1-12(2,3)14-9-8-13-6-4-10-16-11-5-7-15-16/h5,7,11,13-14H,4,6,8-10H2,1-3H3. The molecule has 16 heavy (non-hydrogen) atoms. The van der Waals surface area contributed by atoms with Crippen LogP contribution in [0.15, 0.2) is 18.5 Å². The van der Waals surface area contributed by atoms with Gasteiger partial charge < -0.3 is 10.6 Å². The van der Waals surface area contributed by atoms with Gasteiger partial charge in [0.2, 0.25) is 0 Å². The van der Waals surface area contributed by atoms with Crippen molar-refractivity contribution in [2.24, 2.45) is 0 Å². The van der Waals surface area contributed by atoms with Crippen molar-refractivity contribution in [3.05, 3.63) is 18.5 Å². The summed E-state index contributed by atoms with van der Waals surface area (Å²) < 4.78 is 1.97. The van der Waals surface area contributed by atoms with Crippen molar-refractivity contribution in [2.75, 3.05) is 19.6 Å². The van der Waals surface area contributed by atoms with Crippen molar-refractivity contribution in [3.63, 3.8) is 0 Å². The van der Waals surface area contributed by atoms with Crippen LogP contribution in [0.5, 0.6) is 0 Å². The highest BCUT2D eigenvalue weighted by Gasteiger charge is 2.06. The molecule has 0 aromatic carbocycles. The lowest BCUT2D eigenvalue weighted by atomic mass is 10.1. The van der Waals surface area contributed by atoms with Crippen LogP contribution in [0, 0.1) is 0 Å². The molecule has 0 bridgehead atoms. The third kappa shape index (κ3) is 6.58. The zero-order chi connectivity index (χ0) is 11.9. The fourth-order valence-corrected chi connectivity index (χ4v) is 1.45. The molecule has 0 radical (unpaired) electrons. The topological polar surface area (TPSA) is 41.9 Å². The summed E-state index contributed by atoms with van der Waals surface area (Å²) in [5, 5.41) is 11.0. The predicted octanol–water partition coefficient (Wildman–Crippen LogP) is 1.25. The van der Waals surface area contributed by atoms with E-state index >= 15 is 0 Å². The number of hydrogen-bond donors (Lipinski definition) is 2. The highest BCUT2D eigenvalue weighted by Crippen LogP contribution is 1.96. The first kappa shape index (κ1) is 13.2. The number of aryl methyl sites for hydroxylation is 1. The fraction of sp³-hybridized carbons (Fsp3) is 0.750. The van der Waals surface area contributed by atoms with Crippen molar-refractivity contribution >= 4 is 0 Å². The van der Waals surface area contributed by atoms with E-state index in [1.807, 2.05) is 23.1 Å². The van der Waals surface area contributed by atoms with Crippen LogP contribution in [0.2, 0.25) is 0 Å². The van der Waals surface area contributed by atoms with E-state index in [1.165, 1.54) is 0 Å². The lowest BCUT2D eigenvalue weighted by molar-refractivity contribution is 0.419. The van der Waals surface area contributed by atoms with E-state index in [4.69, 9.17) is 0 Å². The van der Waals surface area contributed by atoms with Crippen molar-refractivity contribution in [1.82, 2.24) is 20.4 Å². The Labute approximate surface area is 98.4 Å². The number of rotatable bonds is 7. The summed E-state index contributed by atoms with van der Waals surface area (Å²) >= 11 is 0. The van der Waals surface area contributed by atoms with Gasteiger partial charge in [-0.25, -0.2) is 0 Å². The average Bonchev–Trinajstić information content (AvgIpc) is 2.67. The van der Waals surface area contributed by atoms with Gasteiger partial charge in [-0.2, -0.15) is 5.10 Å². The quantitative estimate of drug-likeness (QED) is 0.685. The molecule has 0 unspecified atom stereocenters. The van der Waals surface area contributed by atoms with Gasteiger partial charge in [-0.3, -0.25) is 4.68 Å². The van der Waals surface area contributed by atoms with Gasteiger partial charge in [-0.15, -0.1) is 0 Å². The molecule has 0 saturated carbocycles. The first-order chi connectivity index (χ1) is 7.58. The van der Waals surface area contributed by atoms with Crippen LogP contribution in [0.25, 0.3) is 0 Å². The summed E-state index contributed by atoms with van der Waals surface area (Å²) in [7, 11) is 0. The molecule has 2 N–H and O–H groups in total. The van der Waals surface area contributed by atoms with Crippen molar-refractivity contribution in [3.8, 4) is 0 Å². The normalized spacial score (nSPS) is 11.9. The molecule has 1 heterocycles. The van der Waals surface area contributed by atoms with E-state index < -0.39 is 0 Å². The Balaban J connectivity index is 1.89. The van der Waals surface area contributed by atoms with E-state index in [1.54, 1.807) is 0 Å². The van der Waals surface area contributed by atoms with Crippen molar-refractivity contribution < 1.29 is 0 Å². The van der Waals surface area contributed by atoms with E-state index in [2.05, 4.69) is 36.5 Å². The first-order valence-corrected chi connectivity index (χ1v) is 6.01. The first-order valence-electron chi connectivity index (χ1n) is 6.01. The monoisotopic (exact) mass is 224 g/mol. The molecule has 0 spiro atoms. The Hall–Kier alpha value is -0.870. The molecule has 0 aliphatic heterocycles. The Morgan fingerprint density at radius 1 is 1.19 bits per heavy atom. The molecule has 4 nitrogen and oxygen atoms in total. The highest BCUT2D eigenvalue weighted by molar-refractivity contribution is 4.77. The van der Waals surface area contributed by atoms with Crippen LogP contribution < -0.4 is 10.6 Å². The fourth-order valence-electron chi connectivity index (χ4n) is 1.45. The van der Waals surface area contributed by atoms with Crippen LogP contribution in [-0.2, 0) is 6.54 Å². The molecule has 0 atom stereocenters. The molecule has 0 aliphatic rings. The zero-order valence-corrected chi connectivity index (χ0v) is 10.7. The summed E-state index contributed by atoms with van der Waals surface area (Å²) in [6, 6.07) is 1.96. The summed E-state index contributed by atoms with van der Waals surface area (Å²) in [6.45, 7) is 10.6. The predicted molar refractivity (Wildman–Crippen MR) is 67.5 cm³/mol. The molecular weight excluding hydrogens is 200 g/mol. The van der Waals surface area contributed by atoms with Gasteiger partial charge in [0.15, 0.2) is 0 Å². The van der Waals surface area contributed by atoms with Gasteiger partial charge in [0, 0.05) is 37.6 Å². The largest absolute Gasteiger partial charge is 0.315 e. The molecular formula is C12H24N4. The van der Waals surface area contributed by atoms with E-state index in [9.17, 15) is 0 Å². The van der Waals surface area contributed by atoms with Crippen molar-refractivity contribution in [2.45, 2.75) is 39.3 Å². The van der Waals surface area contributed by atoms with Crippen molar-refractivity contribution in [1.29, 1.82) is 0 Å². The Morgan fingerprint density at radius 2 is 2.00 bits per heavy atom. The van der Waals surface area contributed by atoms with Crippen LogP contribution in [0.3, 0.4) is 0 Å². The van der Waals surface area contributed by atoms with Crippen LogP contribution in [0.1, 0.15) is 27.2 Å². The van der Waals surface area contributed by atoms with Crippen LogP contribution >= 0.6 is 0 Å². The summed E-state index contributed by atoms with van der Waals surface area (Å²) in [5.41, 5.74) is 0.219. The summed E-state index contributed by atoms with van der Waals surface area (Å²) in [6.07, 6.45) is 4.94. The lowest BCUT2D eigenvalue weighted by Gasteiger charge is -2.20. The SMILES string of the molecule is CC(C)(C)NCCNCCCn1cccn1. The van der Waals surface area contributed by atoms with Gasteiger partial charge in [-0.05, 0) is 39.8 Å². The Morgan fingerprint density at radius 3 is 2.62 bits per heavy atom. The van der Waals surface area contributed by atoms with E-state index in [-0.39, 0.29) is 5.54 Å².